The lowest BCUT2D eigenvalue weighted by Gasteiger charge is -2.02. The highest BCUT2D eigenvalue weighted by atomic mass is 16.2. The Balaban J connectivity index is 2.55. The molecule has 14 heavy (non-hydrogen) atoms. The van der Waals surface area contributed by atoms with Crippen molar-refractivity contribution in [1.29, 1.82) is 0 Å². The van der Waals surface area contributed by atoms with Crippen molar-refractivity contribution >= 4 is 0 Å². The van der Waals surface area contributed by atoms with Gasteiger partial charge in [0.1, 0.15) is 0 Å². The van der Waals surface area contributed by atoms with Gasteiger partial charge in [-0.3, -0.25) is 9.78 Å². The molecule has 0 saturated heterocycles. The van der Waals surface area contributed by atoms with Gasteiger partial charge in [-0.2, -0.15) is 0 Å². The van der Waals surface area contributed by atoms with E-state index in [4.69, 9.17) is 0 Å². The SMILES string of the molecule is C=CCCCCn1ccc(=O)[nH]c1=O. The lowest BCUT2D eigenvalue weighted by molar-refractivity contribution is 0.583. The summed E-state index contributed by atoms with van der Waals surface area (Å²) in [6.07, 6.45) is 6.26. The van der Waals surface area contributed by atoms with Crippen LogP contribution in [0.1, 0.15) is 19.3 Å². The van der Waals surface area contributed by atoms with Crippen LogP contribution < -0.4 is 11.2 Å². The minimum atomic E-state index is -0.350. The van der Waals surface area contributed by atoms with Crippen molar-refractivity contribution in [2.24, 2.45) is 0 Å². The van der Waals surface area contributed by atoms with Crippen LogP contribution in [-0.2, 0) is 6.54 Å². The van der Waals surface area contributed by atoms with E-state index in [1.807, 2.05) is 6.08 Å². The zero-order valence-electron chi connectivity index (χ0n) is 8.03. The van der Waals surface area contributed by atoms with Gasteiger partial charge < -0.3 is 4.57 Å². The summed E-state index contributed by atoms with van der Waals surface area (Å²) in [5, 5.41) is 0. The number of aromatic amines is 1. The number of hydrogen-bond donors (Lipinski definition) is 1. The first-order valence-corrected chi connectivity index (χ1v) is 4.64. The monoisotopic (exact) mass is 194 g/mol. The molecular formula is C10H14N2O2. The number of nitrogens with one attached hydrogen (secondary N) is 1. The standard InChI is InChI=1S/C10H14N2O2/c1-2-3-4-5-7-12-8-6-9(13)11-10(12)14/h2,6,8H,1,3-5,7H2,(H,11,13,14). The topological polar surface area (TPSA) is 54.9 Å². The van der Waals surface area contributed by atoms with Crippen molar-refractivity contribution in [3.63, 3.8) is 0 Å². The van der Waals surface area contributed by atoms with Crippen molar-refractivity contribution in [2.45, 2.75) is 25.8 Å². The largest absolute Gasteiger partial charge is 0.328 e. The van der Waals surface area contributed by atoms with E-state index in [1.54, 1.807) is 0 Å². The highest BCUT2D eigenvalue weighted by Gasteiger charge is 1.94. The quantitative estimate of drug-likeness (QED) is 0.559. The van der Waals surface area contributed by atoms with Crippen LogP contribution in [0.25, 0.3) is 0 Å². The molecule has 76 valence electrons. The Labute approximate surface area is 81.9 Å². The molecule has 1 N–H and O–H groups in total. The fourth-order valence-corrected chi connectivity index (χ4v) is 1.19. The maximum Gasteiger partial charge on any atom is 0.328 e. The molecule has 0 aliphatic carbocycles. The second-order valence-electron chi connectivity index (χ2n) is 3.09. The lowest BCUT2D eigenvalue weighted by atomic mass is 10.2. The minimum absolute atomic E-state index is 0.337. The number of aryl methyl sites for hydroxylation is 1. The van der Waals surface area contributed by atoms with Gasteiger partial charge in [0.15, 0.2) is 0 Å². The maximum atomic E-state index is 11.2. The molecule has 0 aliphatic rings. The van der Waals surface area contributed by atoms with Gasteiger partial charge in [-0.25, -0.2) is 4.79 Å². The summed E-state index contributed by atoms with van der Waals surface area (Å²) in [7, 11) is 0. The molecule has 0 saturated carbocycles. The van der Waals surface area contributed by atoms with E-state index in [0.29, 0.717) is 6.54 Å². The summed E-state index contributed by atoms with van der Waals surface area (Å²) in [4.78, 5) is 24.1. The molecule has 1 aromatic rings. The lowest BCUT2D eigenvalue weighted by Crippen LogP contribution is -2.28. The molecule has 0 atom stereocenters. The van der Waals surface area contributed by atoms with Crippen LogP contribution in [0.3, 0.4) is 0 Å². The molecule has 0 aliphatic heterocycles. The Morgan fingerprint density at radius 1 is 1.43 bits per heavy atom. The van der Waals surface area contributed by atoms with Crippen molar-refractivity contribution in [2.75, 3.05) is 0 Å². The normalized spacial score (nSPS) is 10.0. The van der Waals surface area contributed by atoms with Gasteiger partial charge in [0.05, 0.1) is 0 Å². The molecule has 1 aromatic heterocycles. The van der Waals surface area contributed by atoms with Crippen LogP contribution in [-0.4, -0.2) is 9.55 Å². The van der Waals surface area contributed by atoms with E-state index < -0.39 is 0 Å². The van der Waals surface area contributed by atoms with E-state index in [1.165, 1.54) is 16.8 Å². The molecule has 0 amide bonds. The van der Waals surface area contributed by atoms with Crippen LogP contribution in [0, 0.1) is 0 Å². The summed E-state index contributed by atoms with van der Waals surface area (Å²) in [6, 6.07) is 1.36. The molecule has 0 spiro atoms. The second-order valence-corrected chi connectivity index (χ2v) is 3.09. The third-order valence-electron chi connectivity index (χ3n) is 1.95. The van der Waals surface area contributed by atoms with Gasteiger partial charge in [0.2, 0.25) is 0 Å². The van der Waals surface area contributed by atoms with Crippen LogP contribution in [0.15, 0.2) is 34.5 Å². The number of hydrogen-bond acceptors (Lipinski definition) is 2. The van der Waals surface area contributed by atoms with Gasteiger partial charge in [-0.15, -0.1) is 6.58 Å². The molecule has 0 bridgehead atoms. The number of aromatic nitrogens is 2. The van der Waals surface area contributed by atoms with E-state index in [2.05, 4.69) is 11.6 Å². The zero-order valence-corrected chi connectivity index (χ0v) is 8.03. The highest BCUT2D eigenvalue weighted by molar-refractivity contribution is 4.82. The Kier molecular flexibility index (Phi) is 3.91. The number of unbranched alkanes of at least 4 members (excludes halogenated alkanes) is 2. The first-order valence-electron chi connectivity index (χ1n) is 4.64. The first-order chi connectivity index (χ1) is 6.74. The van der Waals surface area contributed by atoms with E-state index in [0.717, 1.165) is 19.3 Å². The average molecular weight is 194 g/mol. The van der Waals surface area contributed by atoms with Crippen LogP contribution >= 0.6 is 0 Å². The molecule has 4 nitrogen and oxygen atoms in total. The molecule has 4 heteroatoms. The van der Waals surface area contributed by atoms with Crippen molar-refractivity contribution in [3.8, 4) is 0 Å². The van der Waals surface area contributed by atoms with Gasteiger partial charge in [-0.1, -0.05) is 6.08 Å². The molecule has 1 rings (SSSR count). The maximum absolute atomic E-state index is 11.2. The van der Waals surface area contributed by atoms with Crippen molar-refractivity contribution in [1.82, 2.24) is 9.55 Å². The minimum Gasteiger partial charge on any atom is -0.301 e. The summed E-state index contributed by atoms with van der Waals surface area (Å²) in [5.41, 5.74) is -0.687. The number of rotatable bonds is 5. The van der Waals surface area contributed by atoms with Crippen molar-refractivity contribution < 1.29 is 0 Å². The summed E-state index contributed by atoms with van der Waals surface area (Å²) >= 11 is 0. The summed E-state index contributed by atoms with van der Waals surface area (Å²) < 4.78 is 1.50. The Bertz CT molecular complexity index is 403. The van der Waals surface area contributed by atoms with Gasteiger partial charge in [-0.05, 0) is 19.3 Å². The Morgan fingerprint density at radius 3 is 2.86 bits per heavy atom. The molecule has 1 heterocycles. The average Bonchev–Trinajstić information content (AvgIpc) is 2.15. The summed E-state index contributed by atoms with van der Waals surface area (Å²) in [6.45, 7) is 4.26. The van der Waals surface area contributed by atoms with E-state index in [-0.39, 0.29) is 11.2 Å². The Hall–Kier alpha value is -1.58. The van der Waals surface area contributed by atoms with Crippen LogP contribution in [0.5, 0.6) is 0 Å². The third-order valence-corrected chi connectivity index (χ3v) is 1.95. The number of allylic oxidation sites excluding steroid dienone is 1. The number of nitrogens with zero attached hydrogens (tertiary/aromatic N) is 1. The second kappa shape index (κ2) is 5.21. The van der Waals surface area contributed by atoms with E-state index in [9.17, 15) is 9.59 Å². The smallest absolute Gasteiger partial charge is 0.301 e. The van der Waals surface area contributed by atoms with E-state index >= 15 is 0 Å². The first kappa shape index (κ1) is 10.5. The van der Waals surface area contributed by atoms with Gasteiger partial charge >= 0.3 is 5.69 Å². The zero-order chi connectivity index (χ0) is 10.4. The van der Waals surface area contributed by atoms with Gasteiger partial charge in [0.25, 0.3) is 5.56 Å². The molecule has 0 unspecified atom stereocenters. The predicted octanol–water partition coefficient (Wildman–Crippen LogP) is 0.893. The van der Waals surface area contributed by atoms with Gasteiger partial charge in [0, 0.05) is 18.8 Å². The Morgan fingerprint density at radius 2 is 2.21 bits per heavy atom. The number of H-pyrrole nitrogens is 1. The highest BCUT2D eigenvalue weighted by Crippen LogP contribution is 1.96. The molecule has 0 radical (unpaired) electrons. The molecule has 0 aromatic carbocycles. The fourth-order valence-electron chi connectivity index (χ4n) is 1.19. The molecular weight excluding hydrogens is 180 g/mol. The third kappa shape index (κ3) is 3.05. The van der Waals surface area contributed by atoms with Crippen LogP contribution in [0.4, 0.5) is 0 Å². The molecule has 0 fully saturated rings. The van der Waals surface area contributed by atoms with Crippen LogP contribution in [0.2, 0.25) is 0 Å². The summed E-state index contributed by atoms with van der Waals surface area (Å²) in [5.74, 6) is 0. The van der Waals surface area contributed by atoms with Crippen molar-refractivity contribution in [3.05, 3.63) is 45.8 Å². The fraction of sp³-hybridized carbons (Fsp3) is 0.400. The predicted molar refractivity (Wildman–Crippen MR) is 55.4 cm³/mol.